The minimum Gasteiger partial charge on any atom is -0.507 e. The predicted octanol–water partition coefficient (Wildman–Crippen LogP) is 4.29. The van der Waals surface area contributed by atoms with Gasteiger partial charge in [0.05, 0.1) is 0 Å². The van der Waals surface area contributed by atoms with E-state index in [2.05, 4.69) is 72.7 Å². The van der Waals surface area contributed by atoms with Gasteiger partial charge >= 0.3 is 0 Å². The maximum absolute atomic E-state index is 10.6. The Kier molecular flexibility index (Phi) is 4.36. The molecule has 110 valence electrons. The van der Waals surface area contributed by atoms with E-state index in [9.17, 15) is 5.11 Å². The van der Waals surface area contributed by atoms with Gasteiger partial charge in [0.15, 0.2) is 0 Å². The monoisotopic (exact) mass is 265 g/mol. The Morgan fingerprint density at radius 1 is 0.947 bits per heavy atom. The lowest BCUT2D eigenvalue weighted by molar-refractivity contribution is 0.395. The Morgan fingerprint density at radius 3 is 1.58 bits per heavy atom. The highest BCUT2D eigenvalue weighted by Crippen LogP contribution is 2.39. The summed E-state index contributed by atoms with van der Waals surface area (Å²) < 4.78 is 0. The van der Waals surface area contributed by atoms with Crippen molar-refractivity contribution >= 4 is 0 Å². The molecule has 0 atom stereocenters. The molecular formula is C17H31NO. The van der Waals surface area contributed by atoms with Crippen molar-refractivity contribution in [2.24, 2.45) is 0 Å². The predicted molar refractivity (Wildman–Crippen MR) is 85.0 cm³/mol. The Bertz CT molecular complexity index is 418. The SMILES string of the molecule is CN(C)Cc1cc(C(C)(C)C)c(O)c(C(C)(C)C)c1.[HH]. The normalized spacial score (nSPS) is 13.1. The number of rotatable bonds is 2. The highest BCUT2D eigenvalue weighted by molar-refractivity contribution is 5.49. The van der Waals surface area contributed by atoms with Gasteiger partial charge in [0.1, 0.15) is 5.75 Å². The van der Waals surface area contributed by atoms with Gasteiger partial charge < -0.3 is 10.0 Å². The lowest BCUT2D eigenvalue weighted by Crippen LogP contribution is -2.19. The van der Waals surface area contributed by atoms with Gasteiger partial charge in [0.2, 0.25) is 0 Å². The molecule has 1 aromatic carbocycles. The molecule has 1 N–H and O–H groups in total. The van der Waals surface area contributed by atoms with Crippen LogP contribution in [0.2, 0.25) is 0 Å². The van der Waals surface area contributed by atoms with Gasteiger partial charge in [0, 0.05) is 7.97 Å². The van der Waals surface area contributed by atoms with Gasteiger partial charge in [-0.1, -0.05) is 53.7 Å². The van der Waals surface area contributed by atoms with Crippen LogP contribution in [-0.2, 0) is 17.4 Å². The minimum absolute atomic E-state index is 0. The van der Waals surface area contributed by atoms with Crippen LogP contribution in [-0.4, -0.2) is 24.1 Å². The summed E-state index contributed by atoms with van der Waals surface area (Å²) in [7, 11) is 4.14. The zero-order chi connectivity index (χ0) is 15.0. The molecule has 0 fully saturated rings. The van der Waals surface area contributed by atoms with Gasteiger partial charge in [-0.15, -0.1) is 0 Å². The molecule has 0 aliphatic carbocycles. The Morgan fingerprint density at radius 2 is 1.32 bits per heavy atom. The van der Waals surface area contributed by atoms with Crippen LogP contribution in [0.1, 0.15) is 59.7 Å². The third-order valence-electron chi connectivity index (χ3n) is 3.28. The van der Waals surface area contributed by atoms with Crippen LogP contribution in [0.15, 0.2) is 12.1 Å². The molecule has 1 rings (SSSR count). The lowest BCUT2D eigenvalue weighted by Gasteiger charge is -2.28. The molecule has 2 nitrogen and oxygen atoms in total. The van der Waals surface area contributed by atoms with E-state index >= 15 is 0 Å². The zero-order valence-corrected chi connectivity index (χ0v) is 13.8. The number of phenolic OH excluding ortho intramolecular Hbond substituents is 1. The Balaban J connectivity index is 0.00000361. The van der Waals surface area contributed by atoms with Crippen molar-refractivity contribution in [1.82, 2.24) is 4.90 Å². The highest BCUT2D eigenvalue weighted by atomic mass is 16.3. The van der Waals surface area contributed by atoms with Crippen LogP contribution in [0, 0.1) is 0 Å². The summed E-state index contributed by atoms with van der Waals surface area (Å²) in [5.41, 5.74) is 3.24. The topological polar surface area (TPSA) is 23.5 Å². The van der Waals surface area contributed by atoms with Crippen LogP contribution in [0.3, 0.4) is 0 Å². The average Bonchev–Trinajstić information content (AvgIpc) is 2.16. The van der Waals surface area contributed by atoms with Crippen molar-refractivity contribution in [3.05, 3.63) is 28.8 Å². The first-order valence-corrected chi connectivity index (χ1v) is 6.94. The fraction of sp³-hybridized carbons (Fsp3) is 0.647. The van der Waals surface area contributed by atoms with E-state index in [1.165, 1.54) is 5.56 Å². The summed E-state index contributed by atoms with van der Waals surface area (Å²) >= 11 is 0. The number of aromatic hydroxyl groups is 1. The van der Waals surface area contributed by atoms with E-state index in [0.717, 1.165) is 17.7 Å². The number of phenols is 1. The molecule has 0 saturated heterocycles. The number of nitrogens with zero attached hydrogens (tertiary/aromatic N) is 1. The second-order valence-corrected chi connectivity index (χ2v) is 7.78. The third kappa shape index (κ3) is 3.97. The molecule has 2 heteroatoms. The molecule has 1 aromatic rings. The maximum Gasteiger partial charge on any atom is 0.123 e. The second-order valence-electron chi connectivity index (χ2n) is 7.78. The molecule has 0 heterocycles. The van der Waals surface area contributed by atoms with Crippen molar-refractivity contribution in [3.8, 4) is 5.75 Å². The summed E-state index contributed by atoms with van der Waals surface area (Å²) in [5.74, 6) is 0.461. The quantitative estimate of drug-likeness (QED) is 0.862. The van der Waals surface area contributed by atoms with E-state index in [1.54, 1.807) is 0 Å². The van der Waals surface area contributed by atoms with E-state index in [0.29, 0.717) is 5.75 Å². The second kappa shape index (κ2) is 5.16. The van der Waals surface area contributed by atoms with E-state index in [-0.39, 0.29) is 12.3 Å². The summed E-state index contributed by atoms with van der Waals surface area (Å²) in [6.45, 7) is 13.8. The first-order valence-electron chi connectivity index (χ1n) is 6.94. The van der Waals surface area contributed by atoms with Crippen LogP contribution < -0.4 is 0 Å². The van der Waals surface area contributed by atoms with E-state index in [4.69, 9.17) is 0 Å². The van der Waals surface area contributed by atoms with Crippen LogP contribution >= 0.6 is 0 Å². The number of hydrogen-bond donors (Lipinski definition) is 1. The molecular weight excluding hydrogens is 234 g/mol. The summed E-state index contributed by atoms with van der Waals surface area (Å²) in [6.07, 6.45) is 0. The van der Waals surface area contributed by atoms with Gasteiger partial charge in [0.25, 0.3) is 0 Å². The average molecular weight is 265 g/mol. The van der Waals surface area contributed by atoms with Crippen LogP contribution in [0.25, 0.3) is 0 Å². The van der Waals surface area contributed by atoms with Gasteiger partial charge in [-0.3, -0.25) is 0 Å². The smallest absolute Gasteiger partial charge is 0.123 e. The maximum atomic E-state index is 10.6. The third-order valence-corrected chi connectivity index (χ3v) is 3.28. The number of hydrogen-bond acceptors (Lipinski definition) is 2. The van der Waals surface area contributed by atoms with Gasteiger partial charge in [-0.05, 0) is 41.6 Å². The molecule has 0 bridgehead atoms. The molecule has 0 amide bonds. The molecule has 0 aromatic heterocycles. The van der Waals surface area contributed by atoms with Crippen molar-refractivity contribution < 1.29 is 6.53 Å². The van der Waals surface area contributed by atoms with Crippen molar-refractivity contribution in [2.75, 3.05) is 14.1 Å². The molecule has 0 radical (unpaired) electrons. The summed E-state index contributed by atoms with van der Waals surface area (Å²) in [5, 5.41) is 10.6. The van der Waals surface area contributed by atoms with E-state index < -0.39 is 0 Å². The lowest BCUT2D eigenvalue weighted by atomic mass is 9.78. The molecule has 0 aliphatic heterocycles. The standard InChI is InChI=1S/C17H29NO.H2/c1-16(2,3)13-9-12(11-18(7)8)10-14(15(13)19)17(4,5)6;/h9-10,19H,11H2,1-8H3;1H. The molecule has 0 spiro atoms. The van der Waals surface area contributed by atoms with E-state index in [1.807, 2.05) is 0 Å². The fourth-order valence-electron chi connectivity index (χ4n) is 2.29. The Labute approximate surface area is 119 Å². The molecule has 0 saturated carbocycles. The van der Waals surface area contributed by atoms with Gasteiger partial charge in [-0.25, -0.2) is 0 Å². The molecule has 0 aliphatic rings. The molecule has 0 unspecified atom stereocenters. The van der Waals surface area contributed by atoms with Gasteiger partial charge in [-0.2, -0.15) is 0 Å². The molecule has 19 heavy (non-hydrogen) atoms. The minimum atomic E-state index is -0.0492. The summed E-state index contributed by atoms with van der Waals surface area (Å²) in [6, 6.07) is 4.29. The fourth-order valence-corrected chi connectivity index (χ4v) is 2.29. The zero-order valence-electron chi connectivity index (χ0n) is 13.8. The largest absolute Gasteiger partial charge is 0.507 e. The highest BCUT2D eigenvalue weighted by Gasteiger charge is 2.26. The van der Waals surface area contributed by atoms with Crippen LogP contribution in [0.4, 0.5) is 0 Å². The van der Waals surface area contributed by atoms with Crippen molar-refractivity contribution in [1.29, 1.82) is 0 Å². The number of benzene rings is 1. The van der Waals surface area contributed by atoms with Crippen molar-refractivity contribution in [2.45, 2.75) is 58.9 Å². The summed E-state index contributed by atoms with van der Waals surface area (Å²) in [4.78, 5) is 2.16. The Hall–Kier alpha value is -1.02. The first kappa shape index (κ1) is 16.0. The van der Waals surface area contributed by atoms with Crippen molar-refractivity contribution in [3.63, 3.8) is 0 Å². The first-order chi connectivity index (χ1) is 8.43. The van der Waals surface area contributed by atoms with Crippen LogP contribution in [0.5, 0.6) is 5.75 Å².